The molecular weight excluding hydrogens is 226 g/mol. The van der Waals surface area contributed by atoms with Crippen molar-refractivity contribution in [3.8, 4) is 6.07 Å². The van der Waals surface area contributed by atoms with Crippen LogP contribution in [0.25, 0.3) is 0 Å². The largest absolute Gasteiger partial charge is 0.296 e. The molecule has 1 aromatic heterocycles. The minimum absolute atomic E-state index is 0.245. The summed E-state index contributed by atoms with van der Waals surface area (Å²) in [5.41, 5.74) is 0. The maximum atomic E-state index is 8.88. The molecule has 0 N–H and O–H groups in total. The number of rotatable bonds is 4. The van der Waals surface area contributed by atoms with Gasteiger partial charge in [-0.05, 0) is 31.8 Å². The summed E-state index contributed by atoms with van der Waals surface area (Å²) in [6.07, 6.45) is 3.60. The van der Waals surface area contributed by atoms with Gasteiger partial charge in [0.1, 0.15) is 12.2 Å². The van der Waals surface area contributed by atoms with Gasteiger partial charge in [0.2, 0.25) is 0 Å². The number of nitrogens with zero attached hydrogens (tertiary/aromatic N) is 5. The first-order valence-corrected chi connectivity index (χ1v) is 6.67. The van der Waals surface area contributed by atoms with Crippen LogP contribution in [0.1, 0.15) is 32.5 Å². The van der Waals surface area contributed by atoms with E-state index in [0.29, 0.717) is 5.92 Å². The Labute approximate surface area is 108 Å². The zero-order valence-electron chi connectivity index (χ0n) is 11.2. The summed E-state index contributed by atoms with van der Waals surface area (Å²) in [5, 5.41) is 13.2. The van der Waals surface area contributed by atoms with Gasteiger partial charge < -0.3 is 0 Å². The molecule has 18 heavy (non-hydrogen) atoms. The van der Waals surface area contributed by atoms with Crippen LogP contribution in [0.4, 0.5) is 0 Å². The Morgan fingerprint density at radius 1 is 1.44 bits per heavy atom. The van der Waals surface area contributed by atoms with Gasteiger partial charge in [0.15, 0.2) is 0 Å². The highest BCUT2D eigenvalue weighted by molar-refractivity contribution is 4.90. The van der Waals surface area contributed by atoms with Crippen molar-refractivity contribution in [1.82, 2.24) is 19.7 Å². The lowest BCUT2D eigenvalue weighted by Gasteiger charge is -2.28. The van der Waals surface area contributed by atoms with Crippen molar-refractivity contribution in [2.45, 2.75) is 39.8 Å². The fourth-order valence-electron chi connectivity index (χ4n) is 2.33. The lowest BCUT2D eigenvalue weighted by molar-refractivity contribution is 0.190. The Morgan fingerprint density at radius 2 is 2.17 bits per heavy atom. The van der Waals surface area contributed by atoms with Crippen molar-refractivity contribution in [2.24, 2.45) is 11.8 Å². The summed E-state index contributed by atoms with van der Waals surface area (Å²) in [5.74, 6) is 1.86. The first-order valence-electron chi connectivity index (χ1n) is 6.67. The molecule has 1 aliphatic rings. The van der Waals surface area contributed by atoms with Gasteiger partial charge >= 0.3 is 0 Å². The molecular formula is C13H21N5. The van der Waals surface area contributed by atoms with Crippen LogP contribution in [-0.2, 0) is 13.1 Å². The summed E-state index contributed by atoms with van der Waals surface area (Å²) in [4.78, 5) is 6.72. The van der Waals surface area contributed by atoms with Crippen molar-refractivity contribution >= 4 is 0 Å². The minimum Gasteiger partial charge on any atom is -0.296 e. The average molecular weight is 247 g/mol. The third-order valence-corrected chi connectivity index (χ3v) is 3.37. The molecule has 0 spiro atoms. The van der Waals surface area contributed by atoms with Crippen LogP contribution >= 0.6 is 0 Å². The predicted molar refractivity (Wildman–Crippen MR) is 68.5 cm³/mol. The van der Waals surface area contributed by atoms with Crippen molar-refractivity contribution in [3.05, 3.63) is 12.2 Å². The quantitative estimate of drug-likeness (QED) is 0.812. The molecule has 1 fully saturated rings. The van der Waals surface area contributed by atoms with Gasteiger partial charge in [-0.1, -0.05) is 13.8 Å². The minimum atomic E-state index is 0.245. The zero-order chi connectivity index (χ0) is 13.0. The highest BCUT2D eigenvalue weighted by atomic mass is 15.3. The Hall–Kier alpha value is -1.41. The summed E-state index contributed by atoms with van der Waals surface area (Å²) < 4.78 is 2.00. The Morgan fingerprint density at radius 3 is 2.78 bits per heavy atom. The summed E-state index contributed by atoms with van der Waals surface area (Å²) in [6.45, 7) is 8.13. The van der Waals surface area contributed by atoms with Gasteiger partial charge in [0, 0.05) is 12.5 Å². The fourth-order valence-corrected chi connectivity index (χ4v) is 2.33. The Bertz CT molecular complexity index is 409. The molecule has 0 atom stereocenters. The number of hydrogen-bond donors (Lipinski definition) is 0. The predicted octanol–water partition coefficient (Wildman–Crippen LogP) is 1.67. The van der Waals surface area contributed by atoms with E-state index in [9.17, 15) is 0 Å². The lowest BCUT2D eigenvalue weighted by atomic mass is 9.99. The Balaban J connectivity index is 1.90. The second-order valence-electron chi connectivity index (χ2n) is 5.43. The van der Waals surface area contributed by atoms with E-state index >= 15 is 0 Å². The number of nitriles is 1. The molecule has 5 heteroatoms. The molecule has 0 radical (unpaired) electrons. The van der Waals surface area contributed by atoms with Gasteiger partial charge in [-0.3, -0.25) is 4.90 Å². The lowest BCUT2D eigenvalue weighted by Crippen LogP contribution is -2.33. The summed E-state index contributed by atoms with van der Waals surface area (Å²) >= 11 is 0. The molecule has 2 heterocycles. The molecule has 0 saturated carbocycles. The molecule has 1 saturated heterocycles. The summed E-state index contributed by atoms with van der Waals surface area (Å²) in [6, 6.07) is 2.36. The molecule has 5 nitrogen and oxygen atoms in total. The standard InChI is InChI=1S/C13H21N5/c1-11(2)8-18-13(15-10-16-18)9-17-5-3-12(7-14)4-6-17/h10-12H,3-6,8-9H2,1-2H3. The van der Waals surface area contributed by atoms with Crippen molar-refractivity contribution in [3.63, 3.8) is 0 Å². The van der Waals surface area contributed by atoms with Gasteiger partial charge in [-0.2, -0.15) is 10.4 Å². The first kappa shape index (κ1) is 13.0. The highest BCUT2D eigenvalue weighted by Crippen LogP contribution is 2.17. The normalized spacial score (nSPS) is 18.1. The van der Waals surface area contributed by atoms with Gasteiger partial charge in [-0.15, -0.1) is 0 Å². The van der Waals surface area contributed by atoms with Crippen LogP contribution in [0.5, 0.6) is 0 Å². The maximum Gasteiger partial charge on any atom is 0.141 e. The second kappa shape index (κ2) is 5.96. The number of piperidine rings is 1. The van der Waals surface area contributed by atoms with Crippen LogP contribution in [0, 0.1) is 23.2 Å². The SMILES string of the molecule is CC(C)Cn1ncnc1CN1CCC(C#N)CC1. The van der Waals surface area contributed by atoms with Crippen molar-refractivity contribution in [2.75, 3.05) is 13.1 Å². The third-order valence-electron chi connectivity index (χ3n) is 3.37. The number of hydrogen-bond acceptors (Lipinski definition) is 4. The van der Waals surface area contributed by atoms with Crippen LogP contribution in [0.15, 0.2) is 6.33 Å². The van der Waals surface area contributed by atoms with Crippen LogP contribution in [-0.4, -0.2) is 32.8 Å². The van der Waals surface area contributed by atoms with Crippen molar-refractivity contribution < 1.29 is 0 Å². The van der Waals surface area contributed by atoms with E-state index in [2.05, 4.69) is 34.9 Å². The van der Waals surface area contributed by atoms with Crippen molar-refractivity contribution in [1.29, 1.82) is 5.26 Å². The van der Waals surface area contributed by atoms with Gasteiger partial charge in [0.05, 0.1) is 12.6 Å². The van der Waals surface area contributed by atoms with E-state index in [1.165, 1.54) is 0 Å². The van der Waals surface area contributed by atoms with E-state index in [0.717, 1.165) is 44.8 Å². The monoisotopic (exact) mass is 247 g/mol. The number of likely N-dealkylation sites (tertiary alicyclic amines) is 1. The number of aromatic nitrogens is 3. The van der Waals surface area contributed by atoms with E-state index in [-0.39, 0.29) is 5.92 Å². The first-order chi connectivity index (χ1) is 8.69. The third kappa shape index (κ3) is 3.30. The molecule has 0 bridgehead atoms. The molecule has 1 aliphatic heterocycles. The van der Waals surface area contributed by atoms with E-state index in [1.807, 2.05) is 4.68 Å². The van der Waals surface area contributed by atoms with Crippen LogP contribution in [0.2, 0.25) is 0 Å². The molecule has 0 aromatic carbocycles. The second-order valence-corrected chi connectivity index (χ2v) is 5.43. The molecule has 0 amide bonds. The topological polar surface area (TPSA) is 57.7 Å². The molecule has 0 unspecified atom stereocenters. The molecule has 1 aromatic rings. The van der Waals surface area contributed by atoms with Gasteiger partial charge in [-0.25, -0.2) is 9.67 Å². The van der Waals surface area contributed by atoms with Gasteiger partial charge in [0.25, 0.3) is 0 Å². The highest BCUT2D eigenvalue weighted by Gasteiger charge is 2.20. The average Bonchev–Trinajstić information content (AvgIpc) is 2.77. The Kier molecular flexibility index (Phi) is 4.32. The maximum absolute atomic E-state index is 8.88. The molecule has 0 aliphatic carbocycles. The molecule has 2 rings (SSSR count). The van der Waals surface area contributed by atoms with Crippen LogP contribution < -0.4 is 0 Å². The smallest absolute Gasteiger partial charge is 0.141 e. The summed E-state index contributed by atoms with van der Waals surface area (Å²) in [7, 11) is 0. The van der Waals surface area contributed by atoms with Crippen LogP contribution in [0.3, 0.4) is 0 Å². The fraction of sp³-hybridized carbons (Fsp3) is 0.769. The zero-order valence-corrected chi connectivity index (χ0v) is 11.2. The van der Waals surface area contributed by atoms with E-state index in [1.54, 1.807) is 6.33 Å². The molecule has 98 valence electrons. The van der Waals surface area contributed by atoms with E-state index < -0.39 is 0 Å². The van der Waals surface area contributed by atoms with E-state index in [4.69, 9.17) is 5.26 Å².